The van der Waals surface area contributed by atoms with E-state index in [2.05, 4.69) is 32.1 Å². The van der Waals surface area contributed by atoms with Crippen LogP contribution in [0, 0.1) is 6.92 Å². The first-order valence-corrected chi connectivity index (χ1v) is 17.3. The Labute approximate surface area is 311 Å². The molecule has 0 bridgehead atoms. The van der Waals surface area contributed by atoms with Gasteiger partial charge in [-0.2, -0.15) is 22.9 Å². The summed E-state index contributed by atoms with van der Waals surface area (Å²) >= 11 is 6.15. The first-order chi connectivity index (χ1) is 25.8. The van der Waals surface area contributed by atoms with Gasteiger partial charge in [0.05, 0.1) is 47.4 Å². The van der Waals surface area contributed by atoms with Crippen LogP contribution in [0.15, 0.2) is 51.8 Å². The van der Waals surface area contributed by atoms with Crippen LogP contribution in [0.3, 0.4) is 0 Å². The second-order valence-electron chi connectivity index (χ2n) is 12.5. The summed E-state index contributed by atoms with van der Waals surface area (Å²) in [5.74, 6) is -1.48. The van der Waals surface area contributed by atoms with Crippen molar-refractivity contribution >= 4 is 41.5 Å². The minimum atomic E-state index is -4.63. The third kappa shape index (κ3) is 7.70. The van der Waals surface area contributed by atoms with E-state index in [4.69, 9.17) is 21.3 Å². The largest absolute Gasteiger partial charge is 0.504 e. The summed E-state index contributed by atoms with van der Waals surface area (Å²) in [5, 5.41) is 16.7. The molecule has 0 aliphatic carbocycles. The molecule has 0 unspecified atom stereocenters. The van der Waals surface area contributed by atoms with Crippen molar-refractivity contribution in [1.82, 2.24) is 29.1 Å². The van der Waals surface area contributed by atoms with Gasteiger partial charge in [-0.15, -0.1) is 0 Å². The van der Waals surface area contributed by atoms with Crippen LogP contribution in [0.1, 0.15) is 51.1 Å². The average Bonchev–Trinajstić information content (AvgIpc) is 3.15. The minimum absolute atomic E-state index is 0.0120. The topological polar surface area (TPSA) is 172 Å². The predicted molar refractivity (Wildman–Crippen MR) is 192 cm³/mol. The molecule has 54 heavy (non-hydrogen) atoms. The van der Waals surface area contributed by atoms with E-state index >= 15 is 0 Å². The van der Waals surface area contributed by atoms with Crippen LogP contribution >= 0.6 is 11.6 Å². The molecule has 5 heterocycles. The van der Waals surface area contributed by atoms with Crippen molar-refractivity contribution in [1.29, 1.82) is 0 Å². The number of aromatic hydroxyl groups is 1. The van der Waals surface area contributed by atoms with Gasteiger partial charge in [-0.05, 0) is 54.7 Å². The molecule has 2 aliphatic heterocycles. The first-order valence-electron chi connectivity index (χ1n) is 16.9. The lowest BCUT2D eigenvalue weighted by atomic mass is 10.0. The number of amides is 2. The van der Waals surface area contributed by atoms with Gasteiger partial charge in [0.2, 0.25) is 11.5 Å². The number of nitrogens with zero attached hydrogens (tertiary/aromatic N) is 9. The number of pyridine rings is 1. The molecule has 19 heteroatoms. The number of anilines is 2. The number of nitrogens with one attached hydrogen (secondary N) is 1. The van der Waals surface area contributed by atoms with E-state index < -0.39 is 35.7 Å². The van der Waals surface area contributed by atoms with Gasteiger partial charge in [-0.1, -0.05) is 18.5 Å². The predicted octanol–water partition coefficient (Wildman–Crippen LogP) is 3.32. The van der Waals surface area contributed by atoms with Gasteiger partial charge in [0.1, 0.15) is 18.6 Å². The molecule has 0 spiro atoms. The highest BCUT2D eigenvalue weighted by Crippen LogP contribution is 2.34. The lowest BCUT2D eigenvalue weighted by Crippen LogP contribution is -2.52. The van der Waals surface area contributed by atoms with Gasteiger partial charge < -0.3 is 29.5 Å². The van der Waals surface area contributed by atoms with Crippen LogP contribution in [0.25, 0.3) is 0 Å². The van der Waals surface area contributed by atoms with Gasteiger partial charge in [-0.25, -0.2) is 15.0 Å². The van der Waals surface area contributed by atoms with Crippen LogP contribution < -0.4 is 21.4 Å². The molecule has 1 saturated heterocycles. The van der Waals surface area contributed by atoms with Gasteiger partial charge in [0, 0.05) is 45.3 Å². The normalized spacial score (nSPS) is 14.9. The number of halogens is 4. The second kappa shape index (κ2) is 15.8. The molecule has 2 N–H and O–H groups in total. The summed E-state index contributed by atoms with van der Waals surface area (Å²) in [7, 11) is 0. The molecule has 15 nitrogen and oxygen atoms in total. The molecule has 4 aromatic rings. The van der Waals surface area contributed by atoms with Crippen LogP contribution in [0.5, 0.6) is 5.75 Å². The zero-order chi connectivity index (χ0) is 38.7. The van der Waals surface area contributed by atoms with Gasteiger partial charge >= 0.3 is 6.18 Å². The number of rotatable bonds is 9. The minimum Gasteiger partial charge on any atom is -0.504 e. The van der Waals surface area contributed by atoms with Crippen LogP contribution in [0.4, 0.5) is 24.5 Å². The van der Waals surface area contributed by atoms with E-state index in [0.29, 0.717) is 25.3 Å². The van der Waals surface area contributed by atoms with Gasteiger partial charge in [-0.3, -0.25) is 19.4 Å². The summed E-state index contributed by atoms with van der Waals surface area (Å²) in [4.78, 5) is 61.5. The molecule has 2 amide bonds. The number of aryl methyl sites for hydroxylation is 1. The fourth-order valence-electron chi connectivity index (χ4n) is 6.46. The lowest BCUT2D eigenvalue weighted by Gasteiger charge is -2.37. The molecule has 1 aromatic carbocycles. The quantitative estimate of drug-likeness (QED) is 0.243. The fourth-order valence-corrected chi connectivity index (χ4v) is 6.69. The zero-order valence-electron chi connectivity index (χ0n) is 29.4. The molecular weight excluding hydrogens is 733 g/mol. The Morgan fingerprint density at radius 2 is 1.91 bits per heavy atom. The second-order valence-corrected chi connectivity index (χ2v) is 12.9. The molecule has 1 fully saturated rings. The number of hydrogen-bond acceptors (Lipinski definition) is 11. The molecule has 0 radical (unpaired) electrons. The number of alkyl halides is 3. The third-order valence-electron chi connectivity index (χ3n) is 9.25. The van der Waals surface area contributed by atoms with Crippen molar-refractivity contribution in [3.8, 4) is 5.75 Å². The van der Waals surface area contributed by atoms with Gasteiger partial charge in [0.15, 0.2) is 11.4 Å². The monoisotopic (exact) mass is 768 g/mol. The summed E-state index contributed by atoms with van der Waals surface area (Å²) in [6.45, 7) is 8.20. The summed E-state index contributed by atoms with van der Waals surface area (Å²) < 4.78 is 48.0. The Balaban J connectivity index is 1.39. The Hall–Kier alpha value is -5.62. The molecule has 0 saturated carbocycles. The van der Waals surface area contributed by atoms with Crippen molar-refractivity contribution in [2.45, 2.75) is 52.6 Å². The molecule has 2 aliphatic rings. The maximum atomic E-state index is 14.3. The van der Waals surface area contributed by atoms with Crippen LogP contribution in [-0.4, -0.2) is 85.5 Å². The van der Waals surface area contributed by atoms with E-state index in [0.717, 1.165) is 39.6 Å². The van der Waals surface area contributed by atoms with E-state index in [1.54, 1.807) is 31.1 Å². The standard InChI is InChI=1S/C35H36ClF3N10O5/c1-4-27-30(46-8-10-47(11-9-46)32(52)29-31(51)20(2)43-19-44-29)33(53)49(40-3)34(42-16-22-15-41-14-21-7-12-54-18-24(21)22)48(27)17-28(50)45-26-6-5-23(13-25(26)36)35(37,38)39/h5-6,13-15,19,51H,3-4,7-12,16-18H2,1-2H3,(H,45,50). The van der Waals surface area contributed by atoms with Gasteiger partial charge in [0.25, 0.3) is 11.5 Å². The summed E-state index contributed by atoms with van der Waals surface area (Å²) in [6, 6.07) is 2.59. The van der Waals surface area contributed by atoms with Crippen molar-refractivity contribution in [3.63, 3.8) is 0 Å². The number of ether oxygens (including phenoxy) is 1. The molecule has 6 rings (SSSR count). The molecular formula is C35H36ClF3N10O5. The maximum absolute atomic E-state index is 14.3. The molecule has 284 valence electrons. The third-order valence-corrected chi connectivity index (χ3v) is 9.57. The summed E-state index contributed by atoms with van der Waals surface area (Å²) in [6.07, 6.45) is 0.904. The van der Waals surface area contributed by atoms with E-state index in [9.17, 15) is 32.7 Å². The Kier molecular flexibility index (Phi) is 11.1. The Morgan fingerprint density at radius 3 is 2.59 bits per heavy atom. The molecule has 0 atom stereocenters. The highest BCUT2D eigenvalue weighted by atomic mass is 35.5. The zero-order valence-corrected chi connectivity index (χ0v) is 30.1. The summed E-state index contributed by atoms with van der Waals surface area (Å²) in [5.41, 5.74) is 1.82. The highest BCUT2D eigenvalue weighted by Gasteiger charge is 2.32. The van der Waals surface area contributed by atoms with E-state index in [-0.39, 0.29) is 78.3 Å². The van der Waals surface area contributed by atoms with Crippen molar-refractivity contribution in [2.24, 2.45) is 10.1 Å². The van der Waals surface area contributed by atoms with Crippen LogP contribution in [0.2, 0.25) is 5.02 Å². The fraction of sp³-hybridized carbons (Fsp3) is 0.371. The number of hydrogen-bond donors (Lipinski definition) is 2. The smallest absolute Gasteiger partial charge is 0.416 e. The Morgan fingerprint density at radius 1 is 1.15 bits per heavy atom. The number of aromatic nitrogens is 5. The number of benzene rings is 1. The number of piperazine rings is 1. The SMILES string of the molecule is C=Nn1c(=O)c(N2CCN(C(=O)c3ncnc(C)c3O)CC2)c(CC)n(CC(=O)Nc2ccc(C(F)(F)F)cc2Cl)c1=NCc1cncc2c1COCC2. The van der Waals surface area contributed by atoms with Crippen molar-refractivity contribution < 1.29 is 32.6 Å². The molecule has 3 aromatic heterocycles. The first kappa shape index (κ1) is 38.1. The van der Waals surface area contributed by atoms with Crippen molar-refractivity contribution in [2.75, 3.05) is 43.0 Å². The average molecular weight is 769 g/mol. The number of carbonyl (C=O) groups excluding carboxylic acids is 2. The number of carbonyl (C=O) groups is 2. The van der Waals surface area contributed by atoms with E-state index in [1.807, 2.05) is 0 Å². The highest BCUT2D eigenvalue weighted by molar-refractivity contribution is 6.33. The maximum Gasteiger partial charge on any atom is 0.416 e. The Bertz CT molecular complexity index is 2250. The van der Waals surface area contributed by atoms with Crippen LogP contribution in [-0.2, 0) is 48.2 Å². The number of fused-ring (bicyclic) bond motifs is 1. The van der Waals surface area contributed by atoms with Crippen molar-refractivity contribution in [3.05, 3.63) is 97.3 Å². The van der Waals surface area contributed by atoms with E-state index in [1.165, 1.54) is 15.8 Å². The lowest BCUT2D eigenvalue weighted by molar-refractivity contribution is -0.137.